The van der Waals surface area contributed by atoms with Crippen molar-refractivity contribution in [2.45, 2.75) is 19.0 Å². The maximum Gasteiger partial charge on any atom is 0.332 e. The molecule has 4 rings (SSSR count). The summed E-state index contributed by atoms with van der Waals surface area (Å²) < 4.78 is 31.6. The lowest BCUT2D eigenvalue weighted by atomic mass is 10.1. The summed E-state index contributed by atoms with van der Waals surface area (Å²) in [6, 6.07) is 15.4. The minimum atomic E-state index is -1.08. The number of methoxy groups -OCH3 is 1. The van der Waals surface area contributed by atoms with Crippen LogP contribution in [0.5, 0.6) is 5.75 Å². The highest BCUT2D eigenvalue weighted by atomic mass is 19.1. The second kappa shape index (κ2) is 9.70. The third kappa shape index (κ3) is 4.88. The van der Waals surface area contributed by atoms with Crippen LogP contribution in [0.4, 0.5) is 25.0 Å². The molecule has 1 aliphatic heterocycles. The molecule has 0 radical (unpaired) electrons. The minimum Gasteiger partial charge on any atom is -0.497 e. The van der Waals surface area contributed by atoms with Crippen LogP contribution in [0.15, 0.2) is 72.8 Å². The van der Waals surface area contributed by atoms with E-state index in [9.17, 15) is 23.2 Å². The Kier molecular flexibility index (Phi) is 6.53. The number of benzene rings is 3. The van der Waals surface area contributed by atoms with Crippen LogP contribution in [0, 0.1) is 11.6 Å². The molecule has 1 saturated heterocycles. The Morgan fingerprint density at radius 3 is 2.09 bits per heavy atom. The van der Waals surface area contributed by atoms with Gasteiger partial charge >= 0.3 is 6.03 Å². The highest BCUT2D eigenvalue weighted by Crippen LogP contribution is 2.30. The first kappa shape index (κ1) is 22.9. The average molecular weight is 465 g/mol. The summed E-state index contributed by atoms with van der Waals surface area (Å²) in [5.41, 5.74) is 1.30. The molecule has 0 aliphatic carbocycles. The second-order valence-corrected chi connectivity index (χ2v) is 7.68. The summed E-state index contributed by atoms with van der Waals surface area (Å²) in [6.45, 7) is 0.00596. The Labute approximate surface area is 194 Å². The van der Waals surface area contributed by atoms with Gasteiger partial charge in [-0.15, -0.1) is 0 Å². The molecule has 9 heteroatoms. The number of urea groups is 1. The van der Waals surface area contributed by atoms with Crippen molar-refractivity contribution in [1.29, 1.82) is 0 Å². The van der Waals surface area contributed by atoms with Gasteiger partial charge in [0.25, 0.3) is 5.91 Å². The molecule has 0 spiro atoms. The molecule has 174 valence electrons. The van der Waals surface area contributed by atoms with Crippen molar-refractivity contribution < 1.29 is 27.9 Å². The van der Waals surface area contributed by atoms with Gasteiger partial charge < -0.3 is 15.0 Å². The first-order valence-corrected chi connectivity index (χ1v) is 10.4. The number of nitrogens with one attached hydrogen (secondary N) is 1. The van der Waals surface area contributed by atoms with Gasteiger partial charge in [-0.3, -0.25) is 9.59 Å². The lowest BCUT2D eigenvalue weighted by molar-refractivity contribution is -0.124. The zero-order chi connectivity index (χ0) is 24.2. The average Bonchev–Trinajstić information content (AvgIpc) is 3.06. The summed E-state index contributed by atoms with van der Waals surface area (Å²) in [5.74, 6) is -1.40. The first-order chi connectivity index (χ1) is 16.4. The van der Waals surface area contributed by atoms with E-state index in [2.05, 4.69) is 5.32 Å². The molecule has 3 aromatic carbocycles. The van der Waals surface area contributed by atoms with E-state index in [-0.39, 0.29) is 13.0 Å². The van der Waals surface area contributed by atoms with E-state index in [1.165, 1.54) is 60.5 Å². The Hall–Kier alpha value is -4.27. The topological polar surface area (TPSA) is 79.0 Å². The third-order valence-electron chi connectivity index (χ3n) is 5.42. The van der Waals surface area contributed by atoms with Crippen molar-refractivity contribution >= 4 is 29.2 Å². The fraction of sp³-hybridized carbons (Fsp3) is 0.160. The molecule has 1 atom stereocenters. The molecule has 1 N–H and O–H groups in total. The quantitative estimate of drug-likeness (QED) is 0.527. The van der Waals surface area contributed by atoms with Gasteiger partial charge in [0.2, 0.25) is 5.91 Å². The minimum absolute atomic E-state index is 0.00596. The number of ether oxygens (including phenoxy) is 1. The Morgan fingerprint density at radius 2 is 1.50 bits per heavy atom. The maximum absolute atomic E-state index is 13.3. The van der Waals surface area contributed by atoms with Gasteiger partial charge in [0, 0.05) is 12.2 Å². The summed E-state index contributed by atoms with van der Waals surface area (Å²) in [4.78, 5) is 41.6. The zero-order valence-electron chi connectivity index (χ0n) is 18.2. The molecule has 4 amide bonds. The maximum atomic E-state index is 13.3. The SMILES string of the molecule is COc1ccc(N2C(=O)[C@@H](CC(=O)Nc3ccc(F)cc3)N(Cc3ccc(F)cc3)C2=O)cc1. The number of halogens is 2. The number of hydrogen-bond donors (Lipinski definition) is 1. The highest BCUT2D eigenvalue weighted by molar-refractivity contribution is 6.22. The summed E-state index contributed by atoms with van der Waals surface area (Å²) in [7, 11) is 1.50. The van der Waals surface area contributed by atoms with Crippen LogP contribution in [0.3, 0.4) is 0 Å². The molecular formula is C25H21F2N3O4. The predicted molar refractivity (Wildman–Crippen MR) is 121 cm³/mol. The molecule has 34 heavy (non-hydrogen) atoms. The van der Waals surface area contributed by atoms with E-state index in [1.54, 1.807) is 24.3 Å². The fourth-order valence-corrected chi connectivity index (χ4v) is 3.69. The van der Waals surface area contributed by atoms with E-state index >= 15 is 0 Å². The monoisotopic (exact) mass is 465 g/mol. The number of carbonyl (C=O) groups excluding carboxylic acids is 3. The van der Waals surface area contributed by atoms with Crippen molar-refractivity contribution in [3.8, 4) is 5.75 Å². The number of carbonyl (C=O) groups is 3. The van der Waals surface area contributed by atoms with E-state index < -0.39 is 35.5 Å². The predicted octanol–water partition coefficient (Wildman–Crippen LogP) is 4.34. The van der Waals surface area contributed by atoms with E-state index in [1.807, 2.05) is 0 Å². The van der Waals surface area contributed by atoms with Crippen LogP contribution in [-0.2, 0) is 16.1 Å². The van der Waals surface area contributed by atoms with Crippen LogP contribution in [0.2, 0.25) is 0 Å². The molecule has 1 heterocycles. The molecular weight excluding hydrogens is 444 g/mol. The molecule has 0 saturated carbocycles. The van der Waals surface area contributed by atoms with E-state index in [0.717, 1.165) is 4.90 Å². The Morgan fingerprint density at radius 1 is 0.912 bits per heavy atom. The van der Waals surface area contributed by atoms with Gasteiger partial charge in [0.1, 0.15) is 23.4 Å². The lowest BCUT2D eigenvalue weighted by Crippen LogP contribution is -2.37. The lowest BCUT2D eigenvalue weighted by Gasteiger charge is -2.21. The van der Waals surface area contributed by atoms with Gasteiger partial charge in [-0.2, -0.15) is 0 Å². The smallest absolute Gasteiger partial charge is 0.332 e. The number of anilines is 2. The van der Waals surface area contributed by atoms with Crippen molar-refractivity contribution in [1.82, 2.24) is 4.90 Å². The van der Waals surface area contributed by atoms with Crippen molar-refractivity contribution in [2.75, 3.05) is 17.3 Å². The van der Waals surface area contributed by atoms with Gasteiger partial charge in [-0.1, -0.05) is 12.1 Å². The van der Waals surface area contributed by atoms with Gasteiger partial charge in [-0.25, -0.2) is 18.5 Å². The Balaban J connectivity index is 1.59. The summed E-state index contributed by atoms with van der Waals surface area (Å²) in [6.07, 6.45) is -0.310. The standard InChI is InChI=1S/C25H21F2N3O4/c1-34-21-12-10-20(11-13-21)30-24(32)22(14-23(31)28-19-8-6-18(27)7-9-19)29(25(30)33)15-16-2-4-17(26)5-3-16/h2-13,22H,14-15H2,1H3,(H,28,31)/t22-/m1/s1. The van der Waals surface area contributed by atoms with Crippen LogP contribution < -0.4 is 15.0 Å². The first-order valence-electron chi connectivity index (χ1n) is 10.4. The van der Waals surface area contributed by atoms with Crippen molar-refractivity contribution in [2.24, 2.45) is 0 Å². The molecule has 1 aliphatic rings. The molecule has 0 unspecified atom stereocenters. The van der Waals surface area contributed by atoms with Gasteiger partial charge in [-0.05, 0) is 66.2 Å². The van der Waals surface area contributed by atoms with Gasteiger partial charge in [0.05, 0.1) is 19.2 Å². The number of imide groups is 1. The molecule has 3 aromatic rings. The third-order valence-corrected chi connectivity index (χ3v) is 5.42. The van der Waals surface area contributed by atoms with Crippen LogP contribution in [0.1, 0.15) is 12.0 Å². The second-order valence-electron chi connectivity index (χ2n) is 7.68. The van der Waals surface area contributed by atoms with Gasteiger partial charge in [0.15, 0.2) is 0 Å². The molecule has 0 bridgehead atoms. The van der Waals surface area contributed by atoms with Crippen LogP contribution in [-0.4, -0.2) is 35.9 Å². The normalized spacial score (nSPS) is 15.6. The fourth-order valence-electron chi connectivity index (χ4n) is 3.69. The van der Waals surface area contributed by atoms with Crippen molar-refractivity contribution in [3.05, 3.63) is 90.0 Å². The number of amides is 4. The molecule has 0 aromatic heterocycles. The number of hydrogen-bond acceptors (Lipinski definition) is 4. The van der Waals surface area contributed by atoms with E-state index in [0.29, 0.717) is 22.7 Å². The van der Waals surface area contributed by atoms with Crippen molar-refractivity contribution in [3.63, 3.8) is 0 Å². The zero-order valence-corrected chi connectivity index (χ0v) is 18.2. The molecule has 1 fully saturated rings. The summed E-state index contributed by atoms with van der Waals surface area (Å²) >= 11 is 0. The number of rotatable bonds is 7. The van der Waals surface area contributed by atoms with Crippen LogP contribution >= 0.6 is 0 Å². The van der Waals surface area contributed by atoms with Crippen LogP contribution in [0.25, 0.3) is 0 Å². The largest absolute Gasteiger partial charge is 0.497 e. The Bertz CT molecular complexity index is 1200. The summed E-state index contributed by atoms with van der Waals surface area (Å²) in [5, 5.41) is 2.61. The highest BCUT2D eigenvalue weighted by Gasteiger charge is 2.46. The molecule has 7 nitrogen and oxygen atoms in total. The van der Waals surface area contributed by atoms with E-state index in [4.69, 9.17) is 4.74 Å². The number of nitrogens with zero attached hydrogens (tertiary/aromatic N) is 2.